The molecule has 0 saturated carbocycles. The second-order valence-electron chi connectivity index (χ2n) is 7.90. The van der Waals surface area contributed by atoms with Crippen molar-refractivity contribution < 1.29 is 28.2 Å². The van der Waals surface area contributed by atoms with Crippen molar-refractivity contribution in [3.05, 3.63) is 66.0 Å². The minimum absolute atomic E-state index is 0.0109. The first-order valence-corrected chi connectivity index (χ1v) is 11.6. The molecule has 0 aliphatic rings. The Morgan fingerprint density at radius 2 is 1.70 bits per heavy atom. The van der Waals surface area contributed by atoms with Crippen LogP contribution in [0.3, 0.4) is 0 Å². The molecule has 3 aromatic rings. The molecular formula is C23H25N3O6S. The van der Waals surface area contributed by atoms with Gasteiger partial charge in [0.2, 0.25) is 5.88 Å². The first-order chi connectivity index (χ1) is 15.6. The van der Waals surface area contributed by atoms with Crippen molar-refractivity contribution in [3.63, 3.8) is 0 Å². The molecule has 0 spiro atoms. The number of benzene rings is 2. The number of hydrogen-bond acceptors (Lipinski definition) is 7. The average Bonchev–Trinajstić information content (AvgIpc) is 2.78. The highest BCUT2D eigenvalue weighted by atomic mass is 32.2. The molecule has 0 atom stereocenters. The van der Waals surface area contributed by atoms with Crippen LogP contribution in [-0.4, -0.2) is 47.8 Å². The number of aliphatic hydroxyl groups is 1. The van der Waals surface area contributed by atoms with Gasteiger partial charge in [0.05, 0.1) is 22.5 Å². The number of rotatable bonds is 9. The quantitative estimate of drug-likeness (QED) is 0.433. The second kappa shape index (κ2) is 9.55. The van der Waals surface area contributed by atoms with Gasteiger partial charge in [-0.05, 0) is 44.0 Å². The maximum atomic E-state index is 13.1. The highest BCUT2D eigenvalue weighted by Crippen LogP contribution is 2.35. The molecule has 0 radical (unpaired) electrons. The van der Waals surface area contributed by atoms with E-state index in [9.17, 15) is 18.3 Å². The predicted molar refractivity (Wildman–Crippen MR) is 123 cm³/mol. The predicted octanol–water partition coefficient (Wildman–Crippen LogP) is 2.99. The highest BCUT2D eigenvalue weighted by Gasteiger charge is 2.30. The Kier molecular flexibility index (Phi) is 6.99. The van der Waals surface area contributed by atoms with E-state index >= 15 is 0 Å². The molecule has 3 N–H and O–H groups in total. The van der Waals surface area contributed by atoms with E-state index in [0.29, 0.717) is 16.7 Å². The average molecular weight is 472 g/mol. The summed E-state index contributed by atoms with van der Waals surface area (Å²) in [6.07, 6.45) is 1.17. The number of aliphatic carboxylic acids is 1. The molecule has 0 saturated heterocycles. The fourth-order valence-corrected chi connectivity index (χ4v) is 4.06. The lowest BCUT2D eigenvalue weighted by Crippen LogP contribution is -2.28. The van der Waals surface area contributed by atoms with Crippen molar-refractivity contribution in [1.82, 2.24) is 9.97 Å². The fraction of sp³-hybridized carbons (Fsp3) is 0.261. The van der Waals surface area contributed by atoms with Crippen molar-refractivity contribution in [1.29, 1.82) is 0 Å². The van der Waals surface area contributed by atoms with Gasteiger partial charge in [0.1, 0.15) is 12.9 Å². The van der Waals surface area contributed by atoms with Gasteiger partial charge in [-0.1, -0.05) is 42.0 Å². The zero-order valence-corrected chi connectivity index (χ0v) is 19.3. The summed E-state index contributed by atoms with van der Waals surface area (Å²) in [6.45, 7) is 4.74. The third kappa shape index (κ3) is 5.29. The van der Waals surface area contributed by atoms with E-state index < -0.39 is 21.4 Å². The molecule has 0 unspecified atom stereocenters. The van der Waals surface area contributed by atoms with E-state index in [1.807, 2.05) is 19.1 Å². The first kappa shape index (κ1) is 24.1. The summed E-state index contributed by atoms with van der Waals surface area (Å²) >= 11 is 0. The topological polar surface area (TPSA) is 139 Å². The third-order valence-electron chi connectivity index (χ3n) is 5.13. The summed E-state index contributed by atoms with van der Waals surface area (Å²) in [6, 6.07) is 12.9. The second-order valence-corrected chi connectivity index (χ2v) is 9.58. The Balaban J connectivity index is 2.01. The normalized spacial score (nSPS) is 11.8. The summed E-state index contributed by atoms with van der Waals surface area (Å²) < 4.78 is 34.2. The number of nitrogens with zero attached hydrogens (tertiary/aromatic N) is 2. The van der Waals surface area contributed by atoms with Crippen LogP contribution in [0.1, 0.15) is 25.0 Å². The molecule has 1 heterocycles. The van der Waals surface area contributed by atoms with E-state index in [-0.39, 0.29) is 29.8 Å². The van der Waals surface area contributed by atoms with Gasteiger partial charge in [-0.2, -0.15) is 0 Å². The van der Waals surface area contributed by atoms with E-state index in [4.69, 9.17) is 9.84 Å². The molecule has 33 heavy (non-hydrogen) atoms. The molecule has 0 bridgehead atoms. The number of carboxylic acids is 1. The number of aliphatic hydroxyl groups excluding tert-OH is 1. The highest BCUT2D eigenvalue weighted by molar-refractivity contribution is 7.92. The van der Waals surface area contributed by atoms with Crippen LogP contribution in [0.15, 0.2) is 59.8 Å². The molecule has 3 rings (SSSR count). The summed E-state index contributed by atoms with van der Waals surface area (Å²) in [5.74, 6) is -0.883. The number of sulfonamides is 1. The maximum absolute atomic E-state index is 13.1. The first-order valence-electron chi connectivity index (χ1n) is 10.1. The molecule has 0 aliphatic carbocycles. The number of aryl methyl sites for hydroxylation is 1. The van der Waals surface area contributed by atoms with Gasteiger partial charge in [0, 0.05) is 0 Å². The molecule has 174 valence electrons. The van der Waals surface area contributed by atoms with Gasteiger partial charge >= 0.3 is 5.97 Å². The van der Waals surface area contributed by atoms with Gasteiger partial charge in [-0.15, -0.1) is 0 Å². The Hall–Kier alpha value is -3.50. The van der Waals surface area contributed by atoms with Gasteiger partial charge in [-0.25, -0.2) is 18.4 Å². The lowest BCUT2D eigenvalue weighted by molar-refractivity contribution is -0.142. The number of anilines is 1. The Labute approximate surface area is 192 Å². The lowest BCUT2D eigenvalue weighted by atomic mass is 9.85. The number of aromatic nitrogens is 2. The van der Waals surface area contributed by atoms with E-state index in [2.05, 4.69) is 14.7 Å². The van der Waals surface area contributed by atoms with Crippen molar-refractivity contribution in [2.75, 3.05) is 17.9 Å². The molecule has 2 aromatic carbocycles. The largest absolute Gasteiger partial charge is 0.481 e. The Bertz CT molecular complexity index is 1240. The van der Waals surface area contributed by atoms with Crippen molar-refractivity contribution in [2.24, 2.45) is 0 Å². The summed E-state index contributed by atoms with van der Waals surface area (Å²) in [5, 5.41) is 18.5. The van der Waals surface area contributed by atoms with Crippen molar-refractivity contribution in [3.8, 4) is 17.0 Å². The fourth-order valence-electron chi connectivity index (χ4n) is 3.04. The smallest absolute Gasteiger partial charge is 0.313 e. The van der Waals surface area contributed by atoms with Gasteiger partial charge in [0.15, 0.2) is 5.82 Å². The van der Waals surface area contributed by atoms with E-state index in [1.54, 1.807) is 26.0 Å². The number of nitrogens with one attached hydrogen (secondary N) is 1. The molecule has 0 aliphatic heterocycles. The van der Waals surface area contributed by atoms with Crippen LogP contribution < -0.4 is 9.46 Å². The lowest BCUT2D eigenvalue weighted by Gasteiger charge is -2.20. The third-order valence-corrected chi connectivity index (χ3v) is 6.49. The van der Waals surface area contributed by atoms with Crippen LogP contribution in [0.5, 0.6) is 5.88 Å². The molecule has 10 heteroatoms. The van der Waals surface area contributed by atoms with Crippen LogP contribution >= 0.6 is 0 Å². The van der Waals surface area contributed by atoms with Crippen molar-refractivity contribution in [2.45, 2.75) is 31.1 Å². The number of ether oxygens (including phenoxy) is 1. The Morgan fingerprint density at radius 1 is 1.06 bits per heavy atom. The van der Waals surface area contributed by atoms with Gasteiger partial charge < -0.3 is 14.9 Å². The number of carboxylic acid groups (broad SMARTS) is 1. The van der Waals surface area contributed by atoms with Gasteiger partial charge in [0.25, 0.3) is 10.0 Å². The number of hydrogen-bond donors (Lipinski definition) is 3. The molecule has 0 fully saturated rings. The molecule has 1 aromatic heterocycles. The zero-order valence-electron chi connectivity index (χ0n) is 18.4. The van der Waals surface area contributed by atoms with Crippen molar-refractivity contribution >= 4 is 21.8 Å². The van der Waals surface area contributed by atoms with E-state index in [1.165, 1.54) is 30.6 Å². The minimum Gasteiger partial charge on any atom is -0.481 e. The monoisotopic (exact) mass is 471 g/mol. The van der Waals surface area contributed by atoms with E-state index in [0.717, 1.165) is 5.56 Å². The van der Waals surface area contributed by atoms with Crippen LogP contribution in [0.4, 0.5) is 5.82 Å². The summed E-state index contributed by atoms with van der Waals surface area (Å²) in [7, 11) is -4.06. The van der Waals surface area contributed by atoms with Gasteiger partial charge in [-0.3, -0.25) is 9.52 Å². The molecular weight excluding hydrogens is 446 g/mol. The SMILES string of the molecule is Cc1ccc(-c2c(NS(=O)(=O)c3ccc(C(C)(C)C(=O)O)cc3)ncnc2OCCO)cc1. The van der Waals surface area contributed by atoms with Crippen LogP contribution in [0.25, 0.3) is 11.1 Å². The van der Waals surface area contributed by atoms with Crippen LogP contribution in [0.2, 0.25) is 0 Å². The number of carbonyl (C=O) groups is 1. The summed E-state index contributed by atoms with van der Waals surface area (Å²) in [4.78, 5) is 19.6. The van der Waals surface area contributed by atoms with Crippen LogP contribution in [0, 0.1) is 6.92 Å². The maximum Gasteiger partial charge on any atom is 0.313 e. The summed E-state index contributed by atoms with van der Waals surface area (Å²) in [5.41, 5.74) is 1.28. The zero-order chi connectivity index (χ0) is 24.2. The Morgan fingerprint density at radius 3 is 2.27 bits per heavy atom. The molecule has 9 nitrogen and oxygen atoms in total. The molecule has 0 amide bonds. The standard InChI is InChI=1S/C23H25N3O6S/c1-15-4-6-16(7-5-15)19-20(24-14-25-21(19)32-13-12-27)26-33(30,31)18-10-8-17(9-11-18)23(2,3)22(28)29/h4-11,14,27H,12-13H2,1-3H3,(H,28,29)(H,24,25,26). The van der Waals surface area contributed by atoms with Crippen LogP contribution in [-0.2, 0) is 20.2 Å². The minimum atomic E-state index is -4.06.